The van der Waals surface area contributed by atoms with Crippen molar-refractivity contribution in [3.05, 3.63) is 70.7 Å². The average Bonchev–Trinajstić information content (AvgIpc) is 3.00. The van der Waals surface area contributed by atoms with Crippen molar-refractivity contribution in [1.29, 1.82) is 0 Å². The number of carbonyl (C=O) groups is 5. The molecule has 0 spiro atoms. The molecule has 262 valence electrons. The maximum Gasteiger partial charge on any atom is 0.408 e. The highest BCUT2D eigenvalue weighted by atomic mass is 35.5. The zero-order valence-electron chi connectivity index (χ0n) is 28.2. The highest BCUT2D eigenvalue weighted by Gasteiger charge is 2.42. The van der Waals surface area contributed by atoms with Gasteiger partial charge in [-0.05, 0) is 76.6 Å². The first-order valence-electron chi connectivity index (χ1n) is 16.0. The summed E-state index contributed by atoms with van der Waals surface area (Å²) in [5, 5.41) is 18.4. The third-order valence-corrected chi connectivity index (χ3v) is 8.17. The Labute approximate surface area is 286 Å². The minimum Gasteiger partial charge on any atom is -0.481 e. The van der Waals surface area contributed by atoms with E-state index in [-0.39, 0.29) is 31.9 Å². The maximum absolute atomic E-state index is 14.0. The molecule has 2 aromatic carbocycles. The van der Waals surface area contributed by atoms with Gasteiger partial charge in [0.15, 0.2) is 0 Å². The number of hydrogen-bond acceptors (Lipinski definition) is 7. The van der Waals surface area contributed by atoms with Crippen molar-refractivity contribution in [1.82, 2.24) is 20.9 Å². The molecule has 3 rings (SSSR count). The highest BCUT2D eigenvalue weighted by Crippen LogP contribution is 2.29. The van der Waals surface area contributed by atoms with Crippen molar-refractivity contribution in [3.63, 3.8) is 0 Å². The van der Waals surface area contributed by atoms with Crippen LogP contribution in [0.1, 0.15) is 58.1 Å². The molecule has 4 amide bonds. The number of nitrogens with zero attached hydrogens (tertiary/aromatic N) is 1. The van der Waals surface area contributed by atoms with Gasteiger partial charge in [-0.1, -0.05) is 54.1 Å². The van der Waals surface area contributed by atoms with E-state index < -0.39 is 53.0 Å². The van der Waals surface area contributed by atoms with Crippen molar-refractivity contribution in [2.24, 2.45) is 5.92 Å². The smallest absolute Gasteiger partial charge is 0.408 e. The number of carboxylic acids is 1. The molecule has 48 heavy (non-hydrogen) atoms. The van der Waals surface area contributed by atoms with Crippen LogP contribution in [0.15, 0.2) is 54.6 Å². The number of benzene rings is 2. The summed E-state index contributed by atoms with van der Waals surface area (Å²) in [6.45, 7) is 6.93. The Morgan fingerprint density at radius 2 is 1.65 bits per heavy atom. The highest BCUT2D eigenvalue weighted by molar-refractivity contribution is 6.30. The summed E-state index contributed by atoms with van der Waals surface area (Å²) >= 11 is 6.14. The van der Waals surface area contributed by atoms with Crippen molar-refractivity contribution < 1.29 is 38.6 Å². The number of methoxy groups -OCH3 is 1. The first kappa shape index (κ1) is 38.3. The van der Waals surface area contributed by atoms with Crippen molar-refractivity contribution in [2.45, 2.75) is 83.0 Å². The summed E-state index contributed by atoms with van der Waals surface area (Å²) in [5.41, 5.74) is -0.0100. The van der Waals surface area contributed by atoms with Crippen LogP contribution in [-0.2, 0) is 41.5 Å². The van der Waals surface area contributed by atoms with Gasteiger partial charge in [-0.3, -0.25) is 19.2 Å². The lowest BCUT2D eigenvalue weighted by molar-refractivity contribution is -0.146. The monoisotopic (exact) mass is 686 g/mol. The molecule has 0 aliphatic carbocycles. The Balaban J connectivity index is 1.84. The van der Waals surface area contributed by atoms with Crippen LogP contribution < -0.4 is 16.0 Å². The molecule has 1 aliphatic heterocycles. The van der Waals surface area contributed by atoms with Crippen LogP contribution in [0.25, 0.3) is 0 Å². The summed E-state index contributed by atoms with van der Waals surface area (Å²) in [7, 11) is 1.40. The molecule has 1 heterocycles. The lowest BCUT2D eigenvalue weighted by atomic mass is 9.82. The molecule has 1 fully saturated rings. The fourth-order valence-corrected chi connectivity index (χ4v) is 5.89. The molecule has 0 aromatic heterocycles. The van der Waals surface area contributed by atoms with Gasteiger partial charge >= 0.3 is 12.1 Å². The third-order valence-electron chi connectivity index (χ3n) is 7.92. The number of aliphatic carboxylic acids is 1. The van der Waals surface area contributed by atoms with Gasteiger partial charge in [0.1, 0.15) is 17.7 Å². The Bertz CT molecular complexity index is 1420. The van der Waals surface area contributed by atoms with E-state index in [0.29, 0.717) is 30.8 Å². The molecular formula is C35H47ClN4O8. The van der Waals surface area contributed by atoms with Gasteiger partial charge in [-0.15, -0.1) is 0 Å². The van der Waals surface area contributed by atoms with Gasteiger partial charge in [0, 0.05) is 25.2 Å². The molecule has 1 saturated heterocycles. The Hall–Kier alpha value is -4.16. The van der Waals surface area contributed by atoms with Gasteiger partial charge in [0.05, 0.1) is 24.5 Å². The van der Waals surface area contributed by atoms with E-state index in [1.54, 1.807) is 37.8 Å². The van der Waals surface area contributed by atoms with Gasteiger partial charge in [0.2, 0.25) is 17.7 Å². The summed E-state index contributed by atoms with van der Waals surface area (Å²) in [6, 6.07) is 14.3. The van der Waals surface area contributed by atoms with Crippen molar-refractivity contribution in [2.75, 3.05) is 26.8 Å². The molecule has 0 saturated carbocycles. The second kappa shape index (κ2) is 17.3. The zero-order valence-corrected chi connectivity index (χ0v) is 29.0. The SMILES string of the molecule is COCC(NC(=O)C(C)NC(=O)OC(C)(C)C)C(=O)N[C@@]1(Cc2ccc(Cl)cc2)CCCN(C(=O)C(CC(=O)O)Cc2ccccc2)C1. The summed E-state index contributed by atoms with van der Waals surface area (Å²) in [6.07, 6.45) is 0.543. The van der Waals surface area contributed by atoms with Crippen LogP contribution in [0, 0.1) is 5.92 Å². The van der Waals surface area contributed by atoms with Gasteiger partial charge < -0.3 is 35.4 Å². The van der Waals surface area contributed by atoms with E-state index in [0.717, 1.165) is 11.1 Å². The minimum atomic E-state index is -1.13. The molecule has 1 aliphatic rings. The molecular weight excluding hydrogens is 640 g/mol. The van der Waals surface area contributed by atoms with Crippen molar-refractivity contribution in [3.8, 4) is 0 Å². The number of carboxylic acid groups (broad SMARTS) is 1. The van der Waals surface area contributed by atoms with E-state index in [4.69, 9.17) is 21.1 Å². The second-order valence-electron chi connectivity index (χ2n) is 13.3. The first-order valence-corrected chi connectivity index (χ1v) is 16.4. The lowest BCUT2D eigenvalue weighted by Gasteiger charge is -2.45. The largest absolute Gasteiger partial charge is 0.481 e. The van der Waals surface area contributed by atoms with Gasteiger partial charge in [0.25, 0.3) is 0 Å². The number of piperidine rings is 1. The molecule has 12 nitrogen and oxygen atoms in total. The van der Waals surface area contributed by atoms with Crippen LogP contribution in [0.4, 0.5) is 4.79 Å². The number of carbonyl (C=O) groups excluding carboxylic acids is 4. The van der Waals surface area contributed by atoms with E-state index >= 15 is 0 Å². The average molecular weight is 687 g/mol. The number of amides is 4. The zero-order chi connectivity index (χ0) is 35.5. The molecule has 13 heteroatoms. The third kappa shape index (κ3) is 12.1. The van der Waals surface area contributed by atoms with Crippen LogP contribution in [0.2, 0.25) is 5.02 Å². The first-order chi connectivity index (χ1) is 22.6. The van der Waals surface area contributed by atoms with Crippen LogP contribution >= 0.6 is 11.6 Å². The summed E-state index contributed by atoms with van der Waals surface area (Å²) < 4.78 is 10.5. The number of ether oxygens (including phenoxy) is 2. The summed E-state index contributed by atoms with van der Waals surface area (Å²) in [5.74, 6) is -3.34. The number of halogens is 1. The number of likely N-dealkylation sites (tertiary alicyclic amines) is 1. The lowest BCUT2D eigenvalue weighted by Crippen LogP contribution is -2.65. The predicted molar refractivity (Wildman–Crippen MR) is 180 cm³/mol. The van der Waals surface area contributed by atoms with Crippen LogP contribution in [-0.4, -0.2) is 89.8 Å². The minimum absolute atomic E-state index is 0.120. The van der Waals surface area contributed by atoms with E-state index in [1.165, 1.54) is 14.0 Å². The fraction of sp³-hybridized carbons (Fsp3) is 0.514. The molecule has 2 aromatic rings. The predicted octanol–water partition coefficient (Wildman–Crippen LogP) is 3.74. The molecule has 3 unspecified atom stereocenters. The van der Waals surface area contributed by atoms with E-state index in [2.05, 4.69) is 16.0 Å². The number of alkyl carbamates (subject to hydrolysis) is 1. The number of rotatable bonds is 14. The second-order valence-corrected chi connectivity index (χ2v) is 13.7. The summed E-state index contributed by atoms with van der Waals surface area (Å²) in [4.78, 5) is 66.6. The van der Waals surface area contributed by atoms with Gasteiger partial charge in [-0.25, -0.2) is 4.79 Å². The van der Waals surface area contributed by atoms with E-state index in [1.807, 2.05) is 42.5 Å². The fourth-order valence-electron chi connectivity index (χ4n) is 5.76. The van der Waals surface area contributed by atoms with E-state index in [9.17, 15) is 29.1 Å². The molecule has 0 radical (unpaired) electrons. The Morgan fingerprint density at radius 3 is 2.25 bits per heavy atom. The Morgan fingerprint density at radius 1 is 0.979 bits per heavy atom. The standard InChI is InChI=1S/C35H47ClN4O8/c1-23(37-33(46)48-34(2,3)4)30(43)38-28(21-47-5)31(44)39-35(20-25-12-14-27(36)15-13-25)16-9-17-40(22-35)32(45)26(19-29(41)42)18-24-10-7-6-8-11-24/h6-8,10-15,23,26,28H,9,16-22H2,1-5H3,(H,37,46)(H,38,43)(H,39,44)(H,41,42)/t23?,26?,28?,35-/m1/s1. The normalized spacial score (nSPS) is 18.2. The maximum atomic E-state index is 14.0. The van der Waals surface area contributed by atoms with Gasteiger partial charge in [-0.2, -0.15) is 0 Å². The molecule has 4 atom stereocenters. The number of nitrogens with one attached hydrogen (secondary N) is 3. The van der Waals surface area contributed by atoms with Crippen LogP contribution in [0.5, 0.6) is 0 Å². The molecule has 4 N–H and O–H groups in total. The quantitative estimate of drug-likeness (QED) is 0.234. The van der Waals surface area contributed by atoms with Crippen molar-refractivity contribution >= 4 is 41.4 Å². The van der Waals surface area contributed by atoms with Crippen LogP contribution in [0.3, 0.4) is 0 Å². The number of hydrogen-bond donors (Lipinski definition) is 4. The topological polar surface area (TPSA) is 163 Å². The molecule has 0 bridgehead atoms. The Kier molecular flexibility index (Phi) is 13.8.